The Morgan fingerprint density at radius 1 is 1.09 bits per heavy atom. The number of guanidine groups is 1. The second kappa shape index (κ2) is 6.77. The molecular formula is C18H19F2N3. The molecule has 0 bridgehead atoms. The van der Waals surface area contributed by atoms with E-state index in [1.807, 2.05) is 6.07 Å². The van der Waals surface area contributed by atoms with Crippen molar-refractivity contribution in [3.8, 4) is 0 Å². The van der Waals surface area contributed by atoms with Crippen LogP contribution in [0.3, 0.4) is 0 Å². The van der Waals surface area contributed by atoms with Gasteiger partial charge in [-0.25, -0.2) is 8.78 Å². The van der Waals surface area contributed by atoms with Gasteiger partial charge < -0.3 is 11.1 Å². The van der Waals surface area contributed by atoms with E-state index in [1.54, 1.807) is 0 Å². The van der Waals surface area contributed by atoms with Gasteiger partial charge in [-0.15, -0.1) is 0 Å². The molecule has 1 aliphatic rings. The molecule has 0 unspecified atom stereocenters. The second-order valence-electron chi connectivity index (χ2n) is 5.68. The number of halogens is 2. The van der Waals surface area contributed by atoms with Crippen LogP contribution in [-0.4, -0.2) is 12.5 Å². The molecule has 120 valence electrons. The maximum Gasteiger partial charge on any atom is 0.193 e. The Bertz CT molecular complexity index is 721. The van der Waals surface area contributed by atoms with Crippen LogP contribution in [0.1, 0.15) is 23.1 Å². The van der Waals surface area contributed by atoms with Crippen molar-refractivity contribution in [1.82, 2.24) is 0 Å². The first-order chi connectivity index (χ1) is 11.1. The second-order valence-corrected chi connectivity index (χ2v) is 5.68. The van der Waals surface area contributed by atoms with Crippen LogP contribution in [0.2, 0.25) is 0 Å². The monoisotopic (exact) mass is 315 g/mol. The smallest absolute Gasteiger partial charge is 0.193 e. The molecule has 0 aliphatic heterocycles. The van der Waals surface area contributed by atoms with Gasteiger partial charge in [-0.3, -0.25) is 4.99 Å². The highest BCUT2D eigenvalue weighted by molar-refractivity contribution is 5.92. The summed E-state index contributed by atoms with van der Waals surface area (Å²) in [4.78, 5) is 4.14. The fourth-order valence-electron chi connectivity index (χ4n) is 2.90. The van der Waals surface area contributed by atoms with Crippen LogP contribution in [-0.2, 0) is 19.3 Å². The number of nitrogens with zero attached hydrogens (tertiary/aromatic N) is 1. The van der Waals surface area contributed by atoms with Crippen molar-refractivity contribution in [3.05, 3.63) is 64.7 Å². The van der Waals surface area contributed by atoms with Crippen molar-refractivity contribution in [1.29, 1.82) is 0 Å². The van der Waals surface area contributed by atoms with Gasteiger partial charge in [0.1, 0.15) is 11.6 Å². The highest BCUT2D eigenvalue weighted by Gasteiger charge is 2.11. The van der Waals surface area contributed by atoms with E-state index in [2.05, 4.69) is 22.4 Å². The molecule has 2 aromatic carbocycles. The number of nitrogens with two attached hydrogens (primary N) is 1. The lowest BCUT2D eigenvalue weighted by atomic mass is 10.1. The van der Waals surface area contributed by atoms with E-state index in [0.717, 1.165) is 18.5 Å². The molecule has 0 atom stereocenters. The third-order valence-electron chi connectivity index (χ3n) is 4.08. The molecule has 0 saturated heterocycles. The number of fused-ring (bicyclic) bond motifs is 1. The quantitative estimate of drug-likeness (QED) is 0.671. The molecule has 3 rings (SSSR count). The zero-order valence-corrected chi connectivity index (χ0v) is 12.8. The Kier molecular flexibility index (Phi) is 4.55. The number of aryl methyl sites for hydroxylation is 2. The van der Waals surface area contributed by atoms with Gasteiger partial charge in [0.15, 0.2) is 5.96 Å². The van der Waals surface area contributed by atoms with Crippen LogP contribution in [0.15, 0.2) is 41.4 Å². The summed E-state index contributed by atoms with van der Waals surface area (Å²) in [6.07, 6.45) is 3.59. The molecule has 0 saturated carbocycles. The molecule has 3 N–H and O–H groups in total. The zero-order chi connectivity index (χ0) is 16.2. The van der Waals surface area contributed by atoms with Gasteiger partial charge in [0, 0.05) is 17.8 Å². The summed E-state index contributed by atoms with van der Waals surface area (Å²) >= 11 is 0. The minimum absolute atomic E-state index is 0.0431. The largest absolute Gasteiger partial charge is 0.370 e. The predicted molar refractivity (Wildman–Crippen MR) is 88.6 cm³/mol. The van der Waals surface area contributed by atoms with Crippen LogP contribution >= 0.6 is 0 Å². The molecule has 0 amide bonds. The summed E-state index contributed by atoms with van der Waals surface area (Å²) < 4.78 is 27.0. The average Bonchev–Trinajstić information content (AvgIpc) is 2.98. The molecule has 1 aliphatic carbocycles. The normalized spacial score (nSPS) is 13.9. The van der Waals surface area contributed by atoms with E-state index in [0.29, 0.717) is 0 Å². The van der Waals surface area contributed by atoms with Gasteiger partial charge in [0.05, 0.1) is 0 Å². The van der Waals surface area contributed by atoms with Gasteiger partial charge >= 0.3 is 0 Å². The molecule has 0 radical (unpaired) electrons. The molecule has 0 aromatic heterocycles. The van der Waals surface area contributed by atoms with Crippen molar-refractivity contribution in [3.63, 3.8) is 0 Å². The number of rotatable bonds is 4. The SMILES string of the molecule is NC(=NCCc1c(F)cccc1F)Nc1ccc2c(c1)CCC2. The summed E-state index contributed by atoms with van der Waals surface area (Å²) in [5, 5.41) is 3.03. The van der Waals surface area contributed by atoms with Crippen LogP contribution in [0, 0.1) is 11.6 Å². The Morgan fingerprint density at radius 2 is 1.83 bits per heavy atom. The molecular weight excluding hydrogens is 296 g/mol. The first-order valence-corrected chi connectivity index (χ1v) is 7.75. The van der Waals surface area contributed by atoms with Crippen LogP contribution < -0.4 is 11.1 Å². The van der Waals surface area contributed by atoms with E-state index in [9.17, 15) is 8.78 Å². The maximum absolute atomic E-state index is 13.5. The van der Waals surface area contributed by atoms with Crippen molar-refractivity contribution in [2.75, 3.05) is 11.9 Å². The topological polar surface area (TPSA) is 50.4 Å². The number of aliphatic imine (C=N–C) groups is 1. The Hall–Kier alpha value is -2.43. The van der Waals surface area contributed by atoms with E-state index < -0.39 is 11.6 Å². The Morgan fingerprint density at radius 3 is 2.61 bits per heavy atom. The summed E-state index contributed by atoms with van der Waals surface area (Å²) in [6, 6.07) is 10.0. The molecule has 2 aromatic rings. The molecule has 0 heterocycles. The average molecular weight is 315 g/mol. The number of nitrogens with one attached hydrogen (secondary N) is 1. The lowest BCUT2D eigenvalue weighted by Crippen LogP contribution is -2.23. The number of benzene rings is 2. The third kappa shape index (κ3) is 3.67. The third-order valence-corrected chi connectivity index (χ3v) is 4.08. The van der Waals surface area contributed by atoms with E-state index >= 15 is 0 Å². The van der Waals surface area contributed by atoms with Gasteiger partial charge in [-0.05, 0) is 61.1 Å². The Balaban J connectivity index is 1.60. The van der Waals surface area contributed by atoms with Crippen molar-refractivity contribution >= 4 is 11.6 Å². The van der Waals surface area contributed by atoms with E-state index in [4.69, 9.17) is 5.73 Å². The highest BCUT2D eigenvalue weighted by Crippen LogP contribution is 2.24. The predicted octanol–water partition coefficient (Wildman–Crippen LogP) is 3.42. The van der Waals surface area contributed by atoms with Crippen molar-refractivity contribution in [2.45, 2.75) is 25.7 Å². The molecule has 23 heavy (non-hydrogen) atoms. The first-order valence-electron chi connectivity index (χ1n) is 7.75. The van der Waals surface area contributed by atoms with E-state index in [1.165, 1.54) is 35.7 Å². The molecule has 5 heteroatoms. The maximum atomic E-state index is 13.5. The minimum atomic E-state index is -0.551. The highest BCUT2D eigenvalue weighted by atomic mass is 19.1. The van der Waals surface area contributed by atoms with Crippen molar-refractivity contribution < 1.29 is 8.78 Å². The lowest BCUT2D eigenvalue weighted by Gasteiger charge is -2.08. The van der Waals surface area contributed by atoms with Crippen molar-refractivity contribution in [2.24, 2.45) is 10.7 Å². The number of hydrogen-bond donors (Lipinski definition) is 2. The number of hydrogen-bond acceptors (Lipinski definition) is 1. The van der Waals surface area contributed by atoms with Crippen LogP contribution in [0.5, 0.6) is 0 Å². The minimum Gasteiger partial charge on any atom is -0.370 e. The summed E-state index contributed by atoms with van der Waals surface area (Å²) in [5.74, 6) is -0.851. The van der Waals surface area contributed by atoms with Crippen LogP contribution in [0.25, 0.3) is 0 Å². The molecule has 3 nitrogen and oxygen atoms in total. The first kappa shape index (κ1) is 15.5. The number of anilines is 1. The Labute approximate surface area is 134 Å². The van der Waals surface area contributed by atoms with Crippen LogP contribution in [0.4, 0.5) is 14.5 Å². The summed E-state index contributed by atoms with van der Waals surface area (Å²) in [5.41, 5.74) is 9.51. The molecule has 0 spiro atoms. The molecule has 0 fully saturated rings. The summed E-state index contributed by atoms with van der Waals surface area (Å²) in [6.45, 7) is 0.224. The van der Waals surface area contributed by atoms with Gasteiger partial charge in [0.25, 0.3) is 0 Å². The standard InChI is InChI=1S/C18H19F2N3/c19-16-5-2-6-17(20)15(16)9-10-22-18(21)23-14-8-7-12-3-1-4-13(12)11-14/h2,5-8,11H,1,3-4,9-10H2,(H3,21,22,23). The lowest BCUT2D eigenvalue weighted by molar-refractivity contribution is 0.556. The van der Waals surface area contributed by atoms with E-state index in [-0.39, 0.29) is 24.5 Å². The fraction of sp³-hybridized carbons (Fsp3) is 0.278. The van der Waals surface area contributed by atoms with Gasteiger partial charge in [-0.1, -0.05) is 12.1 Å². The van der Waals surface area contributed by atoms with Gasteiger partial charge in [-0.2, -0.15) is 0 Å². The summed E-state index contributed by atoms with van der Waals surface area (Å²) in [7, 11) is 0. The van der Waals surface area contributed by atoms with Gasteiger partial charge in [0.2, 0.25) is 0 Å². The zero-order valence-electron chi connectivity index (χ0n) is 12.8. The fourth-order valence-corrected chi connectivity index (χ4v) is 2.90.